The molecular formula is C13H18ClN3O2S. The number of hydrogen-bond donors (Lipinski definition) is 1. The number of rotatable bonds is 3. The van der Waals surface area contributed by atoms with E-state index in [1.165, 1.54) is 16.4 Å². The Kier molecular flexibility index (Phi) is 5.16. The molecule has 1 atom stereocenters. The van der Waals surface area contributed by atoms with Gasteiger partial charge in [0.2, 0.25) is 10.0 Å². The third-order valence-corrected chi connectivity index (χ3v) is 5.46. The summed E-state index contributed by atoms with van der Waals surface area (Å²) in [6.07, 6.45) is 0.765. The van der Waals surface area contributed by atoms with Crippen LogP contribution in [-0.4, -0.2) is 32.4 Å². The highest BCUT2D eigenvalue weighted by Crippen LogP contribution is 2.32. The van der Waals surface area contributed by atoms with Crippen LogP contribution in [0.5, 0.6) is 0 Å². The van der Waals surface area contributed by atoms with Crippen molar-refractivity contribution in [3.05, 3.63) is 29.8 Å². The monoisotopic (exact) mass is 315 g/mol. The molecule has 0 bridgehead atoms. The molecule has 1 heterocycles. The Hall–Kier alpha value is -1.13. The lowest BCUT2D eigenvalue weighted by molar-refractivity contribution is 0.349. The largest absolute Gasteiger partial charge is 0.330 e. The zero-order valence-electron chi connectivity index (χ0n) is 11.2. The minimum atomic E-state index is -3.53. The second-order valence-corrected chi connectivity index (χ2v) is 7.18. The Bertz CT molecular complexity index is 627. The number of nitrogens with zero attached hydrogens (tertiary/aromatic N) is 2. The Morgan fingerprint density at radius 3 is 2.75 bits per heavy atom. The van der Waals surface area contributed by atoms with Crippen molar-refractivity contribution in [2.75, 3.05) is 19.6 Å². The lowest BCUT2D eigenvalue weighted by Crippen LogP contribution is -2.34. The van der Waals surface area contributed by atoms with Gasteiger partial charge in [0.1, 0.15) is 0 Å². The summed E-state index contributed by atoms with van der Waals surface area (Å²) in [4.78, 5) is 0.174. The molecule has 0 spiro atoms. The average molecular weight is 316 g/mol. The lowest BCUT2D eigenvalue weighted by Gasteiger charge is -2.22. The molecule has 0 radical (unpaired) electrons. The molecule has 0 aromatic heterocycles. The van der Waals surface area contributed by atoms with Crippen LogP contribution in [0.15, 0.2) is 29.2 Å². The van der Waals surface area contributed by atoms with Crippen molar-refractivity contribution in [1.82, 2.24) is 4.31 Å². The third kappa shape index (κ3) is 3.13. The highest BCUT2D eigenvalue weighted by molar-refractivity contribution is 7.89. The molecule has 0 amide bonds. The first kappa shape index (κ1) is 16.9. The van der Waals surface area contributed by atoms with Crippen molar-refractivity contribution < 1.29 is 8.42 Å². The van der Waals surface area contributed by atoms with Crippen LogP contribution in [-0.2, 0) is 10.0 Å². The summed E-state index contributed by atoms with van der Waals surface area (Å²) in [7, 11) is -3.53. The first-order valence-electron chi connectivity index (χ1n) is 6.12. The lowest BCUT2D eigenvalue weighted by atomic mass is 9.90. The molecule has 1 saturated heterocycles. The van der Waals surface area contributed by atoms with Crippen LogP contribution >= 0.6 is 12.4 Å². The summed E-state index contributed by atoms with van der Waals surface area (Å²) >= 11 is 0. The molecule has 0 aliphatic carbocycles. The van der Waals surface area contributed by atoms with Gasteiger partial charge in [-0.2, -0.15) is 9.57 Å². The molecule has 1 aliphatic heterocycles. The van der Waals surface area contributed by atoms with Crippen molar-refractivity contribution in [2.45, 2.75) is 18.2 Å². The first-order valence-corrected chi connectivity index (χ1v) is 7.56. The van der Waals surface area contributed by atoms with Crippen molar-refractivity contribution in [3.63, 3.8) is 0 Å². The number of nitriles is 1. The van der Waals surface area contributed by atoms with Crippen LogP contribution in [0.4, 0.5) is 0 Å². The van der Waals surface area contributed by atoms with E-state index in [0.717, 1.165) is 6.42 Å². The van der Waals surface area contributed by atoms with Crippen molar-refractivity contribution in [1.29, 1.82) is 5.26 Å². The van der Waals surface area contributed by atoms with Crippen molar-refractivity contribution >= 4 is 22.4 Å². The maximum atomic E-state index is 12.5. The quantitative estimate of drug-likeness (QED) is 0.911. The number of halogens is 1. The Morgan fingerprint density at radius 2 is 2.20 bits per heavy atom. The first-order chi connectivity index (χ1) is 8.91. The molecule has 2 rings (SSSR count). The van der Waals surface area contributed by atoms with Crippen LogP contribution in [0.1, 0.15) is 18.9 Å². The molecule has 0 saturated carbocycles. The van der Waals surface area contributed by atoms with Gasteiger partial charge in [-0.25, -0.2) is 8.42 Å². The van der Waals surface area contributed by atoms with Gasteiger partial charge in [0, 0.05) is 13.1 Å². The van der Waals surface area contributed by atoms with Gasteiger partial charge < -0.3 is 5.73 Å². The molecule has 1 unspecified atom stereocenters. The number of hydrogen-bond acceptors (Lipinski definition) is 4. The van der Waals surface area contributed by atoms with Gasteiger partial charge in [0.15, 0.2) is 0 Å². The number of sulfonamides is 1. The van der Waals surface area contributed by atoms with Crippen molar-refractivity contribution in [3.8, 4) is 6.07 Å². The van der Waals surface area contributed by atoms with E-state index in [9.17, 15) is 8.42 Å². The summed E-state index contributed by atoms with van der Waals surface area (Å²) in [5.74, 6) is 0. The van der Waals surface area contributed by atoms with Gasteiger partial charge in [-0.15, -0.1) is 12.4 Å². The summed E-state index contributed by atoms with van der Waals surface area (Å²) in [5, 5.41) is 8.84. The highest BCUT2D eigenvalue weighted by atomic mass is 35.5. The van der Waals surface area contributed by atoms with E-state index in [1.54, 1.807) is 12.1 Å². The van der Waals surface area contributed by atoms with Crippen LogP contribution in [0.25, 0.3) is 0 Å². The fourth-order valence-corrected chi connectivity index (χ4v) is 3.86. The second-order valence-electron chi connectivity index (χ2n) is 5.24. The standard InChI is InChI=1S/C13H17N3O2S.ClH/c1-13(9-15)5-6-16(10-13)19(17,18)12-4-2-3-11(7-12)8-14;/h2-4,7H,5-6,9-10,15H2,1H3;1H. The maximum absolute atomic E-state index is 12.5. The van der Waals surface area contributed by atoms with E-state index in [4.69, 9.17) is 11.0 Å². The van der Waals surface area contributed by atoms with E-state index in [2.05, 4.69) is 0 Å². The topological polar surface area (TPSA) is 87.2 Å². The minimum Gasteiger partial charge on any atom is -0.330 e. The predicted molar refractivity (Wildman–Crippen MR) is 78.9 cm³/mol. The SMILES string of the molecule is CC1(CN)CCN(S(=O)(=O)c2cccc(C#N)c2)C1.Cl. The summed E-state index contributed by atoms with van der Waals surface area (Å²) < 4.78 is 26.4. The predicted octanol–water partition coefficient (Wildman–Crippen LogP) is 1.34. The highest BCUT2D eigenvalue weighted by Gasteiger charge is 2.38. The molecule has 110 valence electrons. The smallest absolute Gasteiger partial charge is 0.243 e. The van der Waals surface area contributed by atoms with Gasteiger partial charge in [0.25, 0.3) is 0 Å². The molecule has 5 nitrogen and oxygen atoms in total. The average Bonchev–Trinajstić information content (AvgIpc) is 2.83. The van der Waals surface area contributed by atoms with Gasteiger partial charge in [-0.1, -0.05) is 13.0 Å². The zero-order chi connectivity index (χ0) is 14.1. The van der Waals surface area contributed by atoms with Crippen molar-refractivity contribution in [2.24, 2.45) is 11.1 Å². The molecular weight excluding hydrogens is 298 g/mol. The molecule has 1 aromatic carbocycles. The van der Waals surface area contributed by atoms with Crippen LogP contribution in [0.3, 0.4) is 0 Å². The Balaban J connectivity index is 0.00000200. The van der Waals surface area contributed by atoms with Gasteiger partial charge >= 0.3 is 0 Å². The van der Waals surface area contributed by atoms with E-state index < -0.39 is 10.0 Å². The molecule has 1 fully saturated rings. The molecule has 2 N–H and O–H groups in total. The zero-order valence-corrected chi connectivity index (χ0v) is 12.9. The third-order valence-electron chi connectivity index (χ3n) is 3.62. The molecule has 20 heavy (non-hydrogen) atoms. The Morgan fingerprint density at radius 1 is 1.50 bits per heavy atom. The van der Waals surface area contributed by atoms with E-state index >= 15 is 0 Å². The van der Waals surface area contributed by atoms with Gasteiger partial charge in [-0.05, 0) is 36.6 Å². The fraction of sp³-hybridized carbons (Fsp3) is 0.462. The van der Waals surface area contributed by atoms with E-state index in [1.807, 2.05) is 13.0 Å². The normalized spacial score (nSPS) is 23.1. The van der Waals surface area contributed by atoms with Crippen LogP contribution < -0.4 is 5.73 Å². The summed E-state index contributed by atoms with van der Waals surface area (Å²) in [6, 6.07) is 8.06. The molecule has 1 aromatic rings. The fourth-order valence-electron chi connectivity index (χ4n) is 2.23. The number of benzene rings is 1. The summed E-state index contributed by atoms with van der Waals surface area (Å²) in [5.41, 5.74) is 5.89. The molecule has 1 aliphatic rings. The van der Waals surface area contributed by atoms with Crippen LogP contribution in [0, 0.1) is 16.7 Å². The van der Waals surface area contributed by atoms with Crippen LogP contribution in [0.2, 0.25) is 0 Å². The minimum absolute atomic E-state index is 0. The van der Waals surface area contributed by atoms with Gasteiger partial charge in [0.05, 0.1) is 16.5 Å². The van der Waals surface area contributed by atoms with E-state index in [-0.39, 0.29) is 22.7 Å². The second kappa shape index (κ2) is 6.10. The Labute approximate surface area is 125 Å². The van der Waals surface area contributed by atoms with Gasteiger partial charge in [-0.3, -0.25) is 0 Å². The van der Waals surface area contributed by atoms with E-state index in [0.29, 0.717) is 25.2 Å². The summed E-state index contributed by atoms with van der Waals surface area (Å²) in [6.45, 7) is 3.38. The number of nitrogens with two attached hydrogens (primary N) is 1. The molecule has 7 heteroatoms. The maximum Gasteiger partial charge on any atom is 0.243 e.